The highest BCUT2D eigenvalue weighted by Crippen LogP contribution is 2.30. The van der Waals surface area contributed by atoms with Gasteiger partial charge in [-0.1, -0.05) is 24.3 Å². The third kappa shape index (κ3) is 5.96. The third-order valence-electron chi connectivity index (χ3n) is 6.18. The molecule has 2 N–H and O–H groups in total. The van der Waals surface area contributed by atoms with Crippen LogP contribution in [0.1, 0.15) is 32.4 Å². The number of nitrogens with zero attached hydrogens (tertiary/aromatic N) is 2. The Hall–Kier alpha value is -3.59. The number of para-hydroxylation sites is 1. The van der Waals surface area contributed by atoms with E-state index in [-0.39, 0.29) is 24.6 Å². The van der Waals surface area contributed by atoms with Crippen LogP contribution >= 0.6 is 0 Å². The van der Waals surface area contributed by atoms with Crippen molar-refractivity contribution in [3.63, 3.8) is 0 Å². The number of piperazine rings is 1. The molecule has 0 radical (unpaired) electrons. The van der Waals surface area contributed by atoms with Crippen molar-refractivity contribution in [2.24, 2.45) is 0 Å². The quantitative estimate of drug-likeness (QED) is 0.544. The molecule has 1 saturated heterocycles. The van der Waals surface area contributed by atoms with E-state index in [1.165, 1.54) is 6.07 Å². The van der Waals surface area contributed by atoms with Crippen molar-refractivity contribution in [1.82, 2.24) is 15.5 Å². The molecule has 2 aliphatic rings. The van der Waals surface area contributed by atoms with Gasteiger partial charge in [-0.3, -0.25) is 4.90 Å². The van der Waals surface area contributed by atoms with Gasteiger partial charge in [0, 0.05) is 38.4 Å². The maximum Gasteiger partial charge on any atom is 0.338 e. The fourth-order valence-electron chi connectivity index (χ4n) is 4.53. The zero-order valence-electron chi connectivity index (χ0n) is 20.9. The molecule has 2 aromatic rings. The van der Waals surface area contributed by atoms with Crippen molar-refractivity contribution in [2.75, 3.05) is 44.2 Å². The van der Waals surface area contributed by atoms with Crippen molar-refractivity contribution in [1.29, 1.82) is 0 Å². The molecule has 0 unspecified atom stereocenters. The molecule has 9 heteroatoms. The average Bonchev–Trinajstić information content (AvgIpc) is 2.85. The van der Waals surface area contributed by atoms with Gasteiger partial charge < -0.3 is 25.0 Å². The molecule has 192 valence electrons. The molecule has 4 rings (SSSR count). The number of halogens is 1. The van der Waals surface area contributed by atoms with Crippen molar-refractivity contribution < 1.29 is 23.5 Å². The topological polar surface area (TPSA) is 83.1 Å². The van der Waals surface area contributed by atoms with Crippen molar-refractivity contribution in [3.8, 4) is 5.75 Å². The first-order valence-electron chi connectivity index (χ1n) is 12.3. The van der Waals surface area contributed by atoms with Crippen molar-refractivity contribution >= 4 is 17.7 Å². The fraction of sp³-hybridized carbons (Fsp3) is 0.407. The van der Waals surface area contributed by atoms with Gasteiger partial charge >= 0.3 is 12.0 Å². The van der Waals surface area contributed by atoms with Crippen LogP contribution in [-0.2, 0) is 9.53 Å². The zero-order chi connectivity index (χ0) is 25.7. The molecule has 2 amide bonds. The number of hydrogen-bond acceptors (Lipinski definition) is 6. The normalized spacial score (nSPS) is 18.6. The Labute approximate surface area is 211 Å². The largest absolute Gasteiger partial charge is 0.491 e. The molecular weight excluding hydrogens is 463 g/mol. The van der Waals surface area contributed by atoms with E-state index in [0.717, 1.165) is 5.56 Å². The van der Waals surface area contributed by atoms with Crippen LogP contribution in [0.4, 0.5) is 14.9 Å². The number of urea groups is 1. The molecule has 36 heavy (non-hydrogen) atoms. The van der Waals surface area contributed by atoms with E-state index in [4.69, 9.17) is 9.47 Å². The van der Waals surface area contributed by atoms with Crippen LogP contribution in [-0.4, -0.2) is 62.3 Å². The second-order valence-corrected chi connectivity index (χ2v) is 9.09. The van der Waals surface area contributed by atoms with Gasteiger partial charge in [0.05, 0.1) is 30.0 Å². The Kier molecular flexibility index (Phi) is 8.10. The predicted molar refractivity (Wildman–Crippen MR) is 135 cm³/mol. The predicted octanol–water partition coefficient (Wildman–Crippen LogP) is 3.61. The summed E-state index contributed by atoms with van der Waals surface area (Å²) in [5.41, 5.74) is 2.24. The van der Waals surface area contributed by atoms with E-state index in [9.17, 15) is 14.0 Å². The van der Waals surface area contributed by atoms with Crippen LogP contribution < -0.4 is 20.3 Å². The maximum absolute atomic E-state index is 14.2. The standard InChI is InChI=1S/C27H33FN4O4/c1-4-35-26(33)24-22(17-31-13-15-32(16-14-31)23-8-6-5-7-21(23)28)29-27(34)30-25(24)19-9-11-20(12-10-19)36-18(2)3/h5-12,18,25H,4,13-17H2,1-3H3,(H2,29,30,34)/t25-/m1/s1. The number of amides is 2. The van der Waals surface area contributed by atoms with E-state index >= 15 is 0 Å². The number of benzene rings is 2. The van der Waals surface area contributed by atoms with E-state index in [2.05, 4.69) is 15.5 Å². The molecule has 8 nitrogen and oxygen atoms in total. The fourth-order valence-corrected chi connectivity index (χ4v) is 4.53. The third-order valence-corrected chi connectivity index (χ3v) is 6.18. The second kappa shape index (κ2) is 11.4. The highest BCUT2D eigenvalue weighted by atomic mass is 19.1. The maximum atomic E-state index is 14.2. The van der Waals surface area contributed by atoms with Crippen LogP contribution in [0.3, 0.4) is 0 Å². The summed E-state index contributed by atoms with van der Waals surface area (Å²) in [7, 11) is 0. The van der Waals surface area contributed by atoms with Gasteiger partial charge in [0.1, 0.15) is 11.6 Å². The Balaban J connectivity index is 1.55. The van der Waals surface area contributed by atoms with Crippen LogP contribution in [0, 0.1) is 5.82 Å². The van der Waals surface area contributed by atoms with Crippen LogP contribution in [0.5, 0.6) is 5.75 Å². The first-order valence-corrected chi connectivity index (χ1v) is 12.3. The molecule has 0 aromatic heterocycles. The molecule has 0 bridgehead atoms. The van der Waals surface area contributed by atoms with E-state index < -0.39 is 12.0 Å². The van der Waals surface area contributed by atoms with E-state index in [1.54, 1.807) is 19.1 Å². The van der Waals surface area contributed by atoms with Gasteiger partial charge in [-0.25, -0.2) is 14.0 Å². The Morgan fingerprint density at radius 3 is 2.42 bits per heavy atom. The summed E-state index contributed by atoms with van der Waals surface area (Å²) >= 11 is 0. The van der Waals surface area contributed by atoms with Crippen LogP contribution in [0.15, 0.2) is 59.8 Å². The molecule has 2 aromatic carbocycles. The minimum Gasteiger partial charge on any atom is -0.491 e. The lowest BCUT2D eigenvalue weighted by Gasteiger charge is -2.38. The minimum absolute atomic E-state index is 0.0369. The van der Waals surface area contributed by atoms with Gasteiger partial charge in [0.2, 0.25) is 0 Å². The molecule has 2 heterocycles. The van der Waals surface area contributed by atoms with E-state index in [0.29, 0.717) is 55.4 Å². The molecule has 2 aliphatic heterocycles. The highest BCUT2D eigenvalue weighted by molar-refractivity contribution is 5.95. The van der Waals surface area contributed by atoms with Crippen molar-refractivity contribution in [3.05, 3.63) is 71.2 Å². The van der Waals surface area contributed by atoms with Gasteiger partial charge in [-0.2, -0.15) is 0 Å². The molecule has 0 aliphatic carbocycles. The summed E-state index contributed by atoms with van der Waals surface area (Å²) < 4.78 is 25.3. The lowest BCUT2D eigenvalue weighted by Crippen LogP contribution is -2.52. The Bertz CT molecular complexity index is 1110. The molecule has 1 fully saturated rings. The van der Waals surface area contributed by atoms with Gasteiger partial charge in [-0.05, 0) is 50.6 Å². The lowest BCUT2D eigenvalue weighted by atomic mass is 9.94. The van der Waals surface area contributed by atoms with Gasteiger partial charge in [0.15, 0.2) is 0 Å². The number of esters is 1. The number of nitrogens with one attached hydrogen (secondary N) is 2. The summed E-state index contributed by atoms with van der Waals surface area (Å²) in [4.78, 5) is 29.8. The second-order valence-electron chi connectivity index (χ2n) is 9.09. The van der Waals surface area contributed by atoms with Crippen molar-refractivity contribution in [2.45, 2.75) is 32.9 Å². The van der Waals surface area contributed by atoms with Crippen LogP contribution in [0.25, 0.3) is 0 Å². The molecule has 0 saturated carbocycles. The Morgan fingerprint density at radius 1 is 1.08 bits per heavy atom. The average molecular weight is 497 g/mol. The molecular formula is C27H33FN4O4. The smallest absolute Gasteiger partial charge is 0.338 e. The number of carbonyl (C=O) groups excluding carboxylic acids is 2. The summed E-state index contributed by atoms with van der Waals surface area (Å²) in [6, 6.07) is 13.1. The van der Waals surface area contributed by atoms with Crippen LogP contribution in [0.2, 0.25) is 0 Å². The first kappa shape index (κ1) is 25.5. The first-order chi connectivity index (χ1) is 17.4. The summed E-state index contributed by atoms with van der Waals surface area (Å²) in [5.74, 6) is -0.00218. The summed E-state index contributed by atoms with van der Waals surface area (Å²) in [6.07, 6.45) is 0.0369. The summed E-state index contributed by atoms with van der Waals surface area (Å²) in [6.45, 7) is 8.83. The number of rotatable bonds is 8. The summed E-state index contributed by atoms with van der Waals surface area (Å²) in [5, 5.41) is 5.70. The van der Waals surface area contributed by atoms with E-state index in [1.807, 2.05) is 49.1 Å². The zero-order valence-corrected chi connectivity index (χ0v) is 20.9. The lowest BCUT2D eigenvalue weighted by molar-refractivity contribution is -0.139. The Morgan fingerprint density at radius 2 is 1.78 bits per heavy atom. The van der Waals surface area contributed by atoms with Gasteiger partial charge in [-0.15, -0.1) is 0 Å². The number of anilines is 1. The molecule has 0 spiro atoms. The SMILES string of the molecule is CCOC(=O)C1=C(CN2CCN(c3ccccc3F)CC2)NC(=O)N[C@@H]1c1ccc(OC(C)C)cc1. The number of hydrogen-bond donors (Lipinski definition) is 2. The highest BCUT2D eigenvalue weighted by Gasteiger charge is 2.34. The number of ether oxygens (including phenoxy) is 2. The molecule has 1 atom stereocenters. The minimum atomic E-state index is -0.652. The monoisotopic (exact) mass is 496 g/mol. The number of carbonyl (C=O) groups is 2. The van der Waals surface area contributed by atoms with Gasteiger partial charge in [0.25, 0.3) is 0 Å².